The molecule has 4 heteroatoms. The van der Waals surface area contributed by atoms with Crippen molar-refractivity contribution in [3.63, 3.8) is 0 Å². The molecule has 260 valence electrons. The van der Waals surface area contributed by atoms with Gasteiger partial charge in [0.1, 0.15) is 0 Å². The number of allylic oxidation sites excluding steroid dienone is 9. The number of aromatic nitrogens is 1. The first kappa shape index (κ1) is 32.0. The van der Waals surface area contributed by atoms with Gasteiger partial charge >= 0.3 is 0 Å². The molecular formula is C49H44N4. The van der Waals surface area contributed by atoms with Crippen molar-refractivity contribution < 1.29 is 0 Å². The van der Waals surface area contributed by atoms with Crippen LogP contribution in [0.5, 0.6) is 0 Å². The zero-order valence-electron chi connectivity index (χ0n) is 30.5. The normalized spacial score (nSPS) is 21.8. The predicted octanol–water partition coefficient (Wildman–Crippen LogP) is 12.5. The van der Waals surface area contributed by atoms with Crippen molar-refractivity contribution in [1.82, 2.24) is 4.57 Å². The van der Waals surface area contributed by atoms with Gasteiger partial charge < -0.3 is 9.47 Å². The smallest absolute Gasteiger partial charge is 0.154 e. The van der Waals surface area contributed by atoms with Crippen LogP contribution < -0.4 is 4.90 Å². The van der Waals surface area contributed by atoms with Crippen LogP contribution in [0.4, 0.5) is 17.1 Å². The molecule has 1 aromatic heterocycles. The first-order chi connectivity index (χ1) is 26.0. The standard InChI is InChI=1S/C49H44N4/c1-49(2)40-23-13-15-25-45(40)53(36-20-10-5-11-21-36)47-30-39-38-22-12-14-24-44(38)52(46(39)31-41(47)49)37-28-26-34(27-29-37)43-32-42(33-16-6-3-7-17-33)50-48(51-43)35-18-8-4-9-19-35/h3,5-8,10-16,18-26,28,30-31,33,42H,4,9,17,27,29,32H2,1-2H3. The van der Waals surface area contributed by atoms with Gasteiger partial charge in [-0.05, 0) is 91.3 Å². The van der Waals surface area contributed by atoms with Gasteiger partial charge in [-0.2, -0.15) is 0 Å². The van der Waals surface area contributed by atoms with E-state index in [9.17, 15) is 0 Å². The highest BCUT2D eigenvalue weighted by molar-refractivity contribution is 6.16. The van der Waals surface area contributed by atoms with E-state index in [2.05, 4.69) is 169 Å². The summed E-state index contributed by atoms with van der Waals surface area (Å²) in [6.07, 6.45) is 26.4. The summed E-state index contributed by atoms with van der Waals surface area (Å²) < 4.78 is 2.54. The Morgan fingerprint density at radius 1 is 0.736 bits per heavy atom. The van der Waals surface area contributed by atoms with Crippen molar-refractivity contribution in [3.8, 4) is 0 Å². The van der Waals surface area contributed by atoms with Crippen LogP contribution in [0.3, 0.4) is 0 Å². The first-order valence-corrected chi connectivity index (χ1v) is 19.3. The molecule has 0 saturated carbocycles. The minimum absolute atomic E-state index is 0.179. The fraction of sp³-hybridized carbons (Fsp3) is 0.224. The largest absolute Gasteiger partial charge is 0.313 e. The topological polar surface area (TPSA) is 32.9 Å². The molecular weight excluding hydrogens is 645 g/mol. The van der Waals surface area contributed by atoms with Crippen molar-refractivity contribution in [3.05, 3.63) is 168 Å². The van der Waals surface area contributed by atoms with Crippen LogP contribution >= 0.6 is 0 Å². The first-order valence-electron chi connectivity index (χ1n) is 19.3. The van der Waals surface area contributed by atoms with Crippen LogP contribution in [0.1, 0.15) is 63.5 Å². The summed E-state index contributed by atoms with van der Waals surface area (Å²) in [5.41, 5.74) is 13.8. The lowest BCUT2D eigenvalue weighted by Gasteiger charge is -2.42. The Balaban J connectivity index is 1.09. The lowest BCUT2D eigenvalue weighted by atomic mass is 9.73. The molecule has 53 heavy (non-hydrogen) atoms. The average molecular weight is 689 g/mol. The maximum atomic E-state index is 5.27. The van der Waals surface area contributed by atoms with Crippen LogP contribution in [0, 0.1) is 5.92 Å². The molecule has 0 bridgehead atoms. The Morgan fingerprint density at radius 3 is 2.40 bits per heavy atom. The second-order valence-corrected chi connectivity index (χ2v) is 15.5. The molecule has 0 amide bonds. The lowest BCUT2D eigenvalue weighted by molar-refractivity contribution is 0.514. The highest BCUT2D eigenvalue weighted by Gasteiger charge is 2.38. The Bertz CT molecular complexity index is 2550. The van der Waals surface area contributed by atoms with Gasteiger partial charge in [0.15, 0.2) is 5.84 Å². The van der Waals surface area contributed by atoms with E-state index >= 15 is 0 Å². The molecule has 3 aliphatic carbocycles. The van der Waals surface area contributed by atoms with Crippen LogP contribution in [-0.4, -0.2) is 22.2 Å². The Morgan fingerprint density at radius 2 is 1.58 bits per heavy atom. The van der Waals surface area contributed by atoms with E-state index in [1.54, 1.807) is 0 Å². The van der Waals surface area contributed by atoms with Gasteiger partial charge in [0, 0.05) is 51.2 Å². The molecule has 10 rings (SSSR count). The number of para-hydroxylation sites is 3. The molecule has 5 aromatic rings. The summed E-state index contributed by atoms with van der Waals surface area (Å²) in [4.78, 5) is 13.0. The summed E-state index contributed by atoms with van der Waals surface area (Å²) in [6, 6.07) is 33.9. The number of aliphatic imine (C=N–C) groups is 2. The molecule has 2 atom stereocenters. The van der Waals surface area contributed by atoms with Gasteiger partial charge in [0.2, 0.25) is 0 Å². The van der Waals surface area contributed by atoms with E-state index in [1.165, 1.54) is 72.5 Å². The highest BCUT2D eigenvalue weighted by atomic mass is 15.2. The Hall–Kier alpha value is -5.74. The third kappa shape index (κ3) is 5.34. The molecule has 3 heterocycles. The third-order valence-electron chi connectivity index (χ3n) is 12.0. The number of hydrogen-bond acceptors (Lipinski definition) is 3. The van der Waals surface area contributed by atoms with Crippen molar-refractivity contribution >= 4 is 56.1 Å². The van der Waals surface area contributed by atoms with Gasteiger partial charge in [-0.3, -0.25) is 4.99 Å². The number of anilines is 3. The quantitative estimate of drug-likeness (QED) is 0.181. The van der Waals surface area contributed by atoms with Gasteiger partial charge in [-0.15, -0.1) is 0 Å². The number of rotatable bonds is 5. The Kier molecular flexibility index (Phi) is 7.68. The van der Waals surface area contributed by atoms with E-state index in [1.807, 2.05) is 0 Å². The van der Waals surface area contributed by atoms with Crippen molar-refractivity contribution in [2.24, 2.45) is 15.9 Å². The monoisotopic (exact) mass is 688 g/mol. The summed E-state index contributed by atoms with van der Waals surface area (Å²) in [5.74, 6) is 1.31. The van der Waals surface area contributed by atoms with E-state index in [-0.39, 0.29) is 11.5 Å². The third-order valence-corrected chi connectivity index (χ3v) is 12.0. The maximum Gasteiger partial charge on any atom is 0.154 e. The van der Waals surface area contributed by atoms with Crippen LogP contribution in [0.15, 0.2) is 167 Å². The second kappa shape index (κ2) is 12.7. The number of hydrogen-bond donors (Lipinski definition) is 0. The average Bonchev–Trinajstić information content (AvgIpc) is 3.55. The highest BCUT2D eigenvalue weighted by Crippen LogP contribution is 2.53. The zero-order chi connectivity index (χ0) is 35.5. The van der Waals surface area contributed by atoms with Crippen LogP contribution in [-0.2, 0) is 5.41 Å². The Labute approximate surface area is 312 Å². The van der Waals surface area contributed by atoms with E-state index in [0.717, 1.165) is 44.4 Å². The molecule has 0 saturated heterocycles. The molecule has 0 radical (unpaired) electrons. The number of amidine groups is 1. The number of fused-ring (bicyclic) bond motifs is 5. The van der Waals surface area contributed by atoms with E-state index < -0.39 is 0 Å². The maximum absolute atomic E-state index is 5.27. The summed E-state index contributed by atoms with van der Waals surface area (Å²) >= 11 is 0. The van der Waals surface area contributed by atoms with Crippen molar-refractivity contribution in [1.29, 1.82) is 0 Å². The number of nitrogens with zero attached hydrogens (tertiary/aromatic N) is 4. The van der Waals surface area contributed by atoms with E-state index in [0.29, 0.717) is 5.92 Å². The zero-order valence-corrected chi connectivity index (χ0v) is 30.5. The molecule has 4 aromatic carbocycles. The van der Waals surface area contributed by atoms with Gasteiger partial charge in [-0.25, -0.2) is 4.99 Å². The molecule has 0 spiro atoms. The molecule has 2 unspecified atom stereocenters. The molecule has 5 aliphatic rings. The van der Waals surface area contributed by atoms with Crippen LogP contribution in [0.25, 0.3) is 27.5 Å². The van der Waals surface area contributed by atoms with E-state index in [4.69, 9.17) is 9.98 Å². The second-order valence-electron chi connectivity index (χ2n) is 15.5. The van der Waals surface area contributed by atoms with Gasteiger partial charge in [0.25, 0.3) is 0 Å². The molecule has 0 fully saturated rings. The summed E-state index contributed by atoms with van der Waals surface area (Å²) in [5, 5.41) is 2.57. The molecule has 2 aliphatic heterocycles. The van der Waals surface area contributed by atoms with Crippen LogP contribution in [0.2, 0.25) is 0 Å². The van der Waals surface area contributed by atoms with Crippen molar-refractivity contribution in [2.45, 2.75) is 63.8 Å². The fourth-order valence-electron chi connectivity index (χ4n) is 9.24. The lowest BCUT2D eigenvalue weighted by Crippen LogP contribution is -2.30. The fourth-order valence-corrected chi connectivity index (χ4v) is 9.24. The summed E-state index contributed by atoms with van der Waals surface area (Å²) in [7, 11) is 0. The van der Waals surface area contributed by atoms with Crippen molar-refractivity contribution in [2.75, 3.05) is 4.90 Å². The summed E-state index contributed by atoms with van der Waals surface area (Å²) in [6.45, 7) is 4.77. The molecule has 0 N–H and O–H groups in total. The minimum atomic E-state index is -0.179. The number of benzene rings is 4. The van der Waals surface area contributed by atoms with Gasteiger partial charge in [0.05, 0.1) is 28.5 Å². The minimum Gasteiger partial charge on any atom is -0.313 e. The SMILES string of the molecule is CC1(C)c2ccccc2N(c2ccccc2)c2cc3c4ccccc4n(C4=CC=C(C5=NC(C6=CCCC=C6)=NC(C6C=CC=CC6)C5)CC4)c3cc21. The van der Waals surface area contributed by atoms with Gasteiger partial charge in [-0.1, -0.05) is 117 Å². The molecule has 4 nitrogen and oxygen atoms in total. The predicted molar refractivity (Wildman–Crippen MR) is 224 cm³/mol.